The molecule has 0 spiro atoms. The third-order valence-corrected chi connectivity index (χ3v) is 3.84. The van der Waals surface area contributed by atoms with Crippen molar-refractivity contribution in [2.75, 3.05) is 19.6 Å². The van der Waals surface area contributed by atoms with E-state index in [1.54, 1.807) is 0 Å². The maximum atomic E-state index is 4.75. The van der Waals surface area contributed by atoms with Gasteiger partial charge in [0.25, 0.3) is 0 Å². The zero-order valence-corrected chi connectivity index (χ0v) is 9.99. The highest BCUT2D eigenvalue weighted by Crippen LogP contribution is 2.15. The summed E-state index contributed by atoms with van der Waals surface area (Å²) in [7, 11) is 0. The number of nitrogens with zero attached hydrogens (tertiary/aromatic N) is 3. The molecule has 0 bridgehead atoms. The van der Waals surface area contributed by atoms with Gasteiger partial charge in [0.2, 0.25) is 0 Å². The van der Waals surface area contributed by atoms with Gasteiger partial charge in [-0.2, -0.15) is 0 Å². The monoisotopic (exact) mass is 219 g/mol. The van der Waals surface area contributed by atoms with Gasteiger partial charge in [-0.3, -0.25) is 0 Å². The molecule has 2 aliphatic rings. The van der Waals surface area contributed by atoms with Crippen LogP contribution in [-0.2, 0) is 19.4 Å². The van der Waals surface area contributed by atoms with Crippen molar-refractivity contribution in [3.8, 4) is 0 Å². The number of rotatable bonds is 3. The summed E-state index contributed by atoms with van der Waals surface area (Å²) in [6.07, 6.45) is 10.0. The van der Waals surface area contributed by atoms with Gasteiger partial charge in [-0.05, 0) is 38.8 Å². The number of imidazole rings is 1. The number of aromatic nitrogens is 2. The number of fused-ring (bicyclic) bond motifs is 1. The predicted molar refractivity (Wildman–Crippen MR) is 64.5 cm³/mol. The Morgan fingerprint density at radius 1 is 1.06 bits per heavy atom. The Hall–Kier alpha value is -0.830. The van der Waals surface area contributed by atoms with Crippen LogP contribution in [0.5, 0.6) is 0 Å². The fourth-order valence-corrected chi connectivity index (χ4v) is 2.87. The second kappa shape index (κ2) is 4.58. The summed E-state index contributed by atoms with van der Waals surface area (Å²) >= 11 is 0. The van der Waals surface area contributed by atoms with Crippen LogP contribution in [0.25, 0.3) is 0 Å². The maximum Gasteiger partial charge on any atom is 0.108 e. The zero-order chi connectivity index (χ0) is 10.8. The van der Waals surface area contributed by atoms with Gasteiger partial charge in [-0.15, -0.1) is 0 Å². The Bertz CT molecular complexity index is 327. The van der Waals surface area contributed by atoms with Gasteiger partial charge in [0.05, 0.1) is 5.69 Å². The second-order valence-corrected chi connectivity index (χ2v) is 5.10. The third kappa shape index (κ3) is 2.14. The van der Waals surface area contributed by atoms with E-state index in [0.717, 1.165) is 6.42 Å². The number of likely N-dealkylation sites (tertiary alicyclic amines) is 1. The van der Waals surface area contributed by atoms with Crippen LogP contribution in [0.1, 0.15) is 37.2 Å². The topological polar surface area (TPSA) is 21.1 Å². The van der Waals surface area contributed by atoms with Crippen molar-refractivity contribution >= 4 is 0 Å². The van der Waals surface area contributed by atoms with E-state index in [-0.39, 0.29) is 0 Å². The van der Waals surface area contributed by atoms with Crippen LogP contribution in [0.15, 0.2) is 6.20 Å². The summed E-state index contributed by atoms with van der Waals surface area (Å²) in [5, 5.41) is 0. The van der Waals surface area contributed by atoms with E-state index in [2.05, 4.69) is 15.7 Å². The van der Waals surface area contributed by atoms with E-state index in [1.807, 2.05) is 0 Å². The lowest BCUT2D eigenvalue weighted by molar-refractivity contribution is 0.342. The molecule has 0 saturated carbocycles. The molecule has 0 aliphatic carbocycles. The predicted octanol–water partition coefficient (Wildman–Crippen LogP) is 1.86. The van der Waals surface area contributed by atoms with Crippen LogP contribution in [-0.4, -0.2) is 34.1 Å². The molecule has 0 aromatic carbocycles. The fraction of sp³-hybridized carbons (Fsp3) is 0.769. The Morgan fingerprint density at radius 2 is 1.88 bits per heavy atom. The first-order valence-electron chi connectivity index (χ1n) is 6.69. The molecular formula is C13H21N3. The van der Waals surface area contributed by atoms with E-state index in [4.69, 9.17) is 4.98 Å². The molecule has 0 atom stereocenters. The van der Waals surface area contributed by atoms with Gasteiger partial charge < -0.3 is 9.47 Å². The quantitative estimate of drug-likeness (QED) is 0.773. The average Bonchev–Trinajstić information content (AvgIpc) is 2.95. The van der Waals surface area contributed by atoms with E-state index in [1.165, 1.54) is 69.8 Å². The normalized spacial score (nSPS) is 21.2. The summed E-state index contributed by atoms with van der Waals surface area (Å²) in [5.41, 5.74) is 1.31. The summed E-state index contributed by atoms with van der Waals surface area (Å²) in [6, 6.07) is 0. The standard InChI is InChI=1S/C13H21N3/c1-2-9-16-11-12(14-13(16)5-1)6-10-15-7-3-4-8-15/h11H,1-10H2. The van der Waals surface area contributed by atoms with Gasteiger partial charge in [0.15, 0.2) is 0 Å². The van der Waals surface area contributed by atoms with Gasteiger partial charge >= 0.3 is 0 Å². The minimum atomic E-state index is 1.14. The summed E-state index contributed by atoms with van der Waals surface area (Å²) in [4.78, 5) is 7.32. The highest BCUT2D eigenvalue weighted by atomic mass is 15.1. The number of hydrogen-bond acceptors (Lipinski definition) is 2. The first-order valence-corrected chi connectivity index (χ1v) is 6.69. The molecule has 0 amide bonds. The molecule has 3 rings (SSSR count). The van der Waals surface area contributed by atoms with Gasteiger partial charge in [0, 0.05) is 32.1 Å². The van der Waals surface area contributed by atoms with Crippen molar-refractivity contribution in [2.45, 2.75) is 45.1 Å². The van der Waals surface area contributed by atoms with Crippen molar-refractivity contribution in [3.05, 3.63) is 17.7 Å². The molecule has 0 N–H and O–H groups in total. The molecule has 1 aromatic rings. The highest BCUT2D eigenvalue weighted by molar-refractivity contribution is 5.06. The first kappa shape index (κ1) is 10.3. The van der Waals surface area contributed by atoms with Crippen LogP contribution in [0.3, 0.4) is 0 Å². The lowest BCUT2D eigenvalue weighted by Gasteiger charge is -2.12. The largest absolute Gasteiger partial charge is 0.335 e. The van der Waals surface area contributed by atoms with E-state index < -0.39 is 0 Å². The molecule has 0 radical (unpaired) electrons. The molecule has 1 fully saturated rings. The lowest BCUT2D eigenvalue weighted by atomic mass is 10.2. The smallest absolute Gasteiger partial charge is 0.108 e. The van der Waals surface area contributed by atoms with E-state index in [9.17, 15) is 0 Å². The number of hydrogen-bond donors (Lipinski definition) is 0. The molecule has 3 heterocycles. The van der Waals surface area contributed by atoms with Crippen LogP contribution < -0.4 is 0 Å². The average molecular weight is 219 g/mol. The van der Waals surface area contributed by atoms with Crippen molar-refractivity contribution in [1.29, 1.82) is 0 Å². The van der Waals surface area contributed by atoms with Crippen LogP contribution in [0.2, 0.25) is 0 Å². The molecule has 88 valence electrons. The van der Waals surface area contributed by atoms with Gasteiger partial charge in [-0.1, -0.05) is 0 Å². The Labute approximate surface area is 97.5 Å². The maximum absolute atomic E-state index is 4.75. The molecule has 3 nitrogen and oxygen atoms in total. The molecule has 1 aromatic heterocycles. The van der Waals surface area contributed by atoms with E-state index >= 15 is 0 Å². The van der Waals surface area contributed by atoms with Crippen molar-refractivity contribution in [1.82, 2.24) is 14.5 Å². The third-order valence-electron chi connectivity index (χ3n) is 3.84. The van der Waals surface area contributed by atoms with Crippen molar-refractivity contribution in [2.24, 2.45) is 0 Å². The van der Waals surface area contributed by atoms with Crippen molar-refractivity contribution < 1.29 is 0 Å². The molecular weight excluding hydrogens is 198 g/mol. The minimum Gasteiger partial charge on any atom is -0.335 e. The Morgan fingerprint density at radius 3 is 2.69 bits per heavy atom. The van der Waals surface area contributed by atoms with Crippen LogP contribution in [0, 0.1) is 0 Å². The van der Waals surface area contributed by atoms with Crippen molar-refractivity contribution in [3.63, 3.8) is 0 Å². The molecule has 2 aliphatic heterocycles. The molecule has 16 heavy (non-hydrogen) atoms. The fourth-order valence-electron chi connectivity index (χ4n) is 2.87. The number of aryl methyl sites for hydroxylation is 2. The zero-order valence-electron chi connectivity index (χ0n) is 9.99. The van der Waals surface area contributed by atoms with Crippen LogP contribution in [0.4, 0.5) is 0 Å². The highest BCUT2D eigenvalue weighted by Gasteiger charge is 2.14. The minimum absolute atomic E-state index is 1.14. The summed E-state index contributed by atoms with van der Waals surface area (Å²) in [6.45, 7) is 4.99. The van der Waals surface area contributed by atoms with E-state index in [0.29, 0.717) is 0 Å². The first-order chi connectivity index (χ1) is 7.92. The molecule has 3 heteroatoms. The Kier molecular flexibility index (Phi) is 2.96. The second-order valence-electron chi connectivity index (χ2n) is 5.10. The molecule has 0 unspecified atom stereocenters. The SMILES string of the molecule is c1c(CCN2CCCC2)nc2n1CCCC2. The summed E-state index contributed by atoms with van der Waals surface area (Å²) < 4.78 is 2.36. The Balaban J connectivity index is 1.59. The lowest BCUT2D eigenvalue weighted by Crippen LogP contribution is -2.22. The summed E-state index contributed by atoms with van der Waals surface area (Å²) in [5.74, 6) is 1.32. The van der Waals surface area contributed by atoms with Crippen LogP contribution >= 0.6 is 0 Å². The van der Waals surface area contributed by atoms with Gasteiger partial charge in [0.1, 0.15) is 5.82 Å². The molecule has 1 saturated heterocycles. The van der Waals surface area contributed by atoms with Gasteiger partial charge in [-0.25, -0.2) is 4.98 Å².